The molecule has 0 aromatic carbocycles. The van der Waals surface area contributed by atoms with Crippen molar-refractivity contribution in [2.75, 3.05) is 0 Å². The Balaban J connectivity index is 1.69. The summed E-state index contributed by atoms with van der Waals surface area (Å²) in [5.74, 6) is 0.353. The number of hydroxylamine groups is 2. The van der Waals surface area contributed by atoms with Gasteiger partial charge in [0.25, 0.3) is 0 Å². The lowest BCUT2D eigenvalue weighted by Crippen LogP contribution is -2.55. The first-order chi connectivity index (χ1) is 12.6. The molecule has 0 N–H and O–H groups in total. The van der Waals surface area contributed by atoms with Gasteiger partial charge in [-0.15, -0.1) is 0 Å². The molecule has 2 nitrogen and oxygen atoms in total. The number of allylic oxidation sites excluding steroid dienone is 2. The van der Waals surface area contributed by atoms with Gasteiger partial charge in [0, 0.05) is 24.8 Å². The molecule has 0 radical (unpaired) electrons. The van der Waals surface area contributed by atoms with Crippen molar-refractivity contribution in [1.29, 1.82) is 0 Å². The Hall–Kier alpha value is 1.14. The van der Waals surface area contributed by atoms with Gasteiger partial charge in [0.05, 0.1) is 11.6 Å². The van der Waals surface area contributed by atoms with Crippen molar-refractivity contribution in [2.45, 2.75) is 83.1 Å². The molecule has 0 amide bonds. The van der Waals surface area contributed by atoms with Gasteiger partial charge in [-0.3, -0.25) is 4.84 Å². The highest BCUT2D eigenvalue weighted by Crippen LogP contribution is 2.54. The van der Waals surface area contributed by atoms with Crippen LogP contribution in [0.25, 0.3) is 0 Å². The first-order valence-electron chi connectivity index (χ1n) is 9.52. The standard InChI is InChI=1S/C19H25Cl6NO/c20-18(21,22)12-2-1-6-14-7-3-10-17-11-5-9-16(27-26(14)17)15(17)8-4-13-19(23,24)25/h1-2,4,8,14-16H,3,5-7,9-13H2/b2-1-,8-4-/t14-,15-,16+,17-/m1/s1. The average Bonchev–Trinajstić information content (AvgIpc) is 2.72. The van der Waals surface area contributed by atoms with Crippen molar-refractivity contribution < 1.29 is 4.84 Å². The minimum Gasteiger partial charge on any atom is -0.294 e. The number of hydrogen-bond acceptors (Lipinski definition) is 2. The van der Waals surface area contributed by atoms with E-state index in [0.29, 0.717) is 24.8 Å². The molecular weight excluding hydrogens is 471 g/mol. The second-order valence-corrected chi connectivity index (χ2v) is 12.8. The third-order valence-corrected chi connectivity index (χ3v) is 6.83. The van der Waals surface area contributed by atoms with E-state index in [4.69, 9.17) is 74.4 Å². The van der Waals surface area contributed by atoms with Gasteiger partial charge in [-0.1, -0.05) is 93.9 Å². The third-order valence-electron chi connectivity index (χ3n) is 5.90. The average molecular weight is 496 g/mol. The SMILES string of the molecule is ClC(Cl)(Cl)C/C=C\C[C@@H]1CCC[C@]23CCC[C@H](ON12)[C@H]3/C=C\CC(Cl)(Cl)Cl. The van der Waals surface area contributed by atoms with Crippen LogP contribution in [0.4, 0.5) is 0 Å². The smallest absolute Gasteiger partial charge is 0.194 e. The van der Waals surface area contributed by atoms with Gasteiger partial charge in [-0.05, 0) is 44.9 Å². The molecule has 154 valence electrons. The zero-order valence-electron chi connectivity index (χ0n) is 15.0. The first kappa shape index (κ1) is 22.8. The fraction of sp³-hybridized carbons (Fsp3) is 0.789. The van der Waals surface area contributed by atoms with Crippen molar-refractivity contribution in [3.8, 4) is 0 Å². The Bertz CT molecular complexity index is 566. The van der Waals surface area contributed by atoms with E-state index in [1.165, 1.54) is 12.8 Å². The lowest BCUT2D eigenvalue weighted by atomic mass is 9.67. The lowest BCUT2D eigenvalue weighted by molar-refractivity contribution is -0.221. The van der Waals surface area contributed by atoms with Crippen molar-refractivity contribution in [3.05, 3.63) is 24.3 Å². The molecule has 3 aliphatic rings. The summed E-state index contributed by atoms with van der Waals surface area (Å²) in [4.78, 5) is 6.46. The molecule has 2 bridgehead atoms. The van der Waals surface area contributed by atoms with E-state index in [9.17, 15) is 0 Å². The molecule has 0 unspecified atom stereocenters. The van der Waals surface area contributed by atoms with Crippen molar-refractivity contribution in [3.63, 3.8) is 0 Å². The summed E-state index contributed by atoms with van der Waals surface area (Å²) < 4.78 is -2.48. The molecule has 2 heterocycles. The predicted molar refractivity (Wildman–Crippen MR) is 117 cm³/mol. The fourth-order valence-electron chi connectivity index (χ4n) is 4.88. The molecule has 2 aliphatic heterocycles. The molecule has 1 spiro atoms. The Morgan fingerprint density at radius 3 is 2.19 bits per heavy atom. The quantitative estimate of drug-likeness (QED) is 0.286. The molecule has 27 heavy (non-hydrogen) atoms. The predicted octanol–water partition coefficient (Wildman–Crippen LogP) is 7.72. The summed E-state index contributed by atoms with van der Waals surface area (Å²) in [6.45, 7) is 0. The Morgan fingerprint density at radius 1 is 0.889 bits per heavy atom. The molecular formula is C19H25Cl6NO. The van der Waals surface area contributed by atoms with Gasteiger partial charge in [0.2, 0.25) is 0 Å². The van der Waals surface area contributed by atoms with E-state index in [1.807, 2.05) is 12.2 Å². The Morgan fingerprint density at radius 2 is 1.52 bits per heavy atom. The summed E-state index contributed by atoms with van der Waals surface area (Å²) in [6, 6.07) is 0.359. The lowest BCUT2D eigenvalue weighted by Gasteiger charge is -2.48. The van der Waals surface area contributed by atoms with Crippen molar-refractivity contribution >= 4 is 69.6 Å². The fourth-order valence-corrected chi connectivity index (χ4v) is 5.41. The van der Waals surface area contributed by atoms with E-state index < -0.39 is 7.59 Å². The van der Waals surface area contributed by atoms with Gasteiger partial charge in [0.1, 0.15) is 0 Å². The molecule has 2 saturated heterocycles. The number of halogens is 6. The number of fused-ring (bicyclic) bond motifs is 1. The van der Waals surface area contributed by atoms with Crippen LogP contribution in [0.3, 0.4) is 0 Å². The van der Waals surface area contributed by atoms with Crippen LogP contribution in [-0.4, -0.2) is 30.3 Å². The minimum absolute atomic E-state index is 0.0684. The highest BCUT2D eigenvalue weighted by Gasteiger charge is 2.58. The Labute approximate surface area is 192 Å². The minimum atomic E-state index is -1.25. The number of rotatable bonds is 5. The van der Waals surface area contributed by atoms with Gasteiger partial charge in [0.15, 0.2) is 7.59 Å². The van der Waals surface area contributed by atoms with Crippen LogP contribution in [0.2, 0.25) is 0 Å². The molecule has 8 heteroatoms. The molecule has 3 fully saturated rings. The molecule has 4 atom stereocenters. The number of alkyl halides is 6. The molecule has 1 aliphatic carbocycles. The molecule has 1 saturated carbocycles. The van der Waals surface area contributed by atoms with Gasteiger partial charge < -0.3 is 0 Å². The molecule has 0 aromatic rings. The van der Waals surface area contributed by atoms with Crippen LogP contribution in [0, 0.1) is 5.92 Å². The summed E-state index contributed by atoms with van der Waals surface area (Å²) >= 11 is 35.2. The van der Waals surface area contributed by atoms with Crippen molar-refractivity contribution in [2.24, 2.45) is 5.92 Å². The molecule has 3 rings (SSSR count). The molecule has 0 aromatic heterocycles. The summed E-state index contributed by atoms with van der Waals surface area (Å²) in [5, 5.41) is 2.30. The highest BCUT2D eigenvalue weighted by molar-refractivity contribution is 6.68. The maximum atomic E-state index is 6.46. The maximum Gasteiger partial charge on any atom is 0.194 e. The third kappa shape index (κ3) is 5.85. The normalized spacial score (nSPS) is 35.3. The summed E-state index contributed by atoms with van der Waals surface area (Å²) in [7, 11) is 0. The number of hydrogen-bond donors (Lipinski definition) is 0. The van der Waals surface area contributed by atoms with E-state index in [0.717, 1.165) is 32.1 Å². The van der Waals surface area contributed by atoms with Crippen LogP contribution in [-0.2, 0) is 4.84 Å². The largest absolute Gasteiger partial charge is 0.294 e. The second kappa shape index (κ2) is 9.10. The van der Waals surface area contributed by atoms with Gasteiger partial charge in [-0.25, -0.2) is 0 Å². The van der Waals surface area contributed by atoms with E-state index >= 15 is 0 Å². The van der Waals surface area contributed by atoms with E-state index in [2.05, 4.69) is 17.2 Å². The van der Waals surface area contributed by atoms with Crippen LogP contribution < -0.4 is 0 Å². The number of nitrogens with zero attached hydrogens (tertiary/aromatic N) is 1. The van der Waals surface area contributed by atoms with Gasteiger partial charge in [-0.2, -0.15) is 5.06 Å². The van der Waals surface area contributed by atoms with Crippen LogP contribution in [0.15, 0.2) is 24.3 Å². The second-order valence-electron chi connectivity index (χ2n) is 7.81. The summed E-state index contributed by atoms with van der Waals surface area (Å²) in [5.41, 5.74) is 0.0684. The van der Waals surface area contributed by atoms with Crippen molar-refractivity contribution in [1.82, 2.24) is 5.06 Å². The highest BCUT2D eigenvalue weighted by atomic mass is 35.6. The van der Waals surface area contributed by atoms with E-state index in [-0.39, 0.29) is 11.6 Å². The number of piperidine rings is 1. The van der Waals surface area contributed by atoms with E-state index in [1.54, 1.807) is 0 Å². The van der Waals surface area contributed by atoms with Crippen LogP contribution in [0.5, 0.6) is 0 Å². The van der Waals surface area contributed by atoms with Gasteiger partial charge >= 0.3 is 0 Å². The first-order valence-corrected chi connectivity index (χ1v) is 11.8. The Kier molecular flexibility index (Phi) is 7.69. The summed E-state index contributed by atoms with van der Waals surface area (Å²) in [6.07, 6.45) is 17.2. The zero-order valence-corrected chi connectivity index (χ0v) is 19.6. The monoisotopic (exact) mass is 493 g/mol. The topological polar surface area (TPSA) is 12.5 Å². The maximum absolute atomic E-state index is 6.46. The zero-order chi connectivity index (χ0) is 19.7. The van der Waals surface area contributed by atoms with Crippen LogP contribution >= 0.6 is 69.6 Å². The van der Waals surface area contributed by atoms with Crippen LogP contribution in [0.1, 0.15) is 57.8 Å².